The number of anilines is 4. The van der Waals surface area contributed by atoms with Crippen molar-refractivity contribution in [2.24, 2.45) is 23.7 Å². The minimum Gasteiger partial charge on any atom is -0.540 e. The fraction of sp³-hybridized carbons (Fsp3) is 0.345. The monoisotopic (exact) mass is 1130 g/mol. The minimum absolute atomic E-state index is 0. The Labute approximate surface area is 490 Å². The summed E-state index contributed by atoms with van der Waals surface area (Å²) in [5, 5.41) is 55.1. The molecular formula is C58H65B4N4O11Y-. The van der Waals surface area contributed by atoms with E-state index in [9.17, 15) is 34.5 Å². The Balaban J connectivity index is 0.000000482. The summed E-state index contributed by atoms with van der Waals surface area (Å²) in [5.74, 6) is -1.91. The van der Waals surface area contributed by atoms with Crippen molar-refractivity contribution in [1.82, 2.24) is 0 Å². The molecule has 0 spiro atoms. The van der Waals surface area contributed by atoms with Gasteiger partial charge in [0.25, 0.3) is 11.9 Å². The number of carbonyl (C=O) groups excluding carboxylic acids is 1. The first-order chi connectivity index (χ1) is 35.2. The first-order valence-electron chi connectivity index (χ1n) is 24.7. The van der Waals surface area contributed by atoms with Crippen LogP contribution in [0.2, 0.25) is 0 Å². The molecule has 13 radical (unpaired) electrons. The van der Waals surface area contributed by atoms with Crippen LogP contribution in [0.15, 0.2) is 146 Å². The summed E-state index contributed by atoms with van der Waals surface area (Å²) in [6.07, 6.45) is 22.7. The zero-order valence-electron chi connectivity index (χ0n) is 44.2. The summed E-state index contributed by atoms with van der Waals surface area (Å²) in [4.78, 5) is 62.5. The second-order valence-corrected chi connectivity index (χ2v) is 18.4. The normalized spacial score (nSPS) is 25.5. The van der Waals surface area contributed by atoms with Crippen LogP contribution in [-0.2, 0) is 61.5 Å². The molecule has 0 amide bonds. The summed E-state index contributed by atoms with van der Waals surface area (Å²) in [5.41, 5.74) is 8.94. The van der Waals surface area contributed by atoms with Gasteiger partial charge in [-0.15, -0.1) is 0 Å². The summed E-state index contributed by atoms with van der Waals surface area (Å²) >= 11 is 0. The molecule has 4 aliphatic heterocycles. The third-order valence-corrected chi connectivity index (χ3v) is 14.0. The van der Waals surface area contributed by atoms with Gasteiger partial charge in [0, 0.05) is 144 Å². The number of nitrogens with one attached hydrogen (secondary N) is 4. The molecule has 399 valence electrons. The van der Waals surface area contributed by atoms with Crippen molar-refractivity contribution >= 4 is 92.5 Å². The molecule has 78 heavy (non-hydrogen) atoms. The molecule has 15 nitrogen and oxygen atoms in total. The molecule has 4 aromatic carbocycles. The summed E-state index contributed by atoms with van der Waals surface area (Å²) in [6.45, 7) is 6.17. The summed E-state index contributed by atoms with van der Waals surface area (Å²) < 4.78 is 0. The molecule has 12 atom stereocenters. The van der Waals surface area contributed by atoms with E-state index in [1.54, 1.807) is 0 Å². The van der Waals surface area contributed by atoms with Crippen LogP contribution in [0.5, 0.6) is 0 Å². The molecular weight excluding hydrogens is 1060 g/mol. The van der Waals surface area contributed by atoms with Gasteiger partial charge in [-0.3, -0.25) is 9.59 Å². The third-order valence-electron chi connectivity index (χ3n) is 14.0. The Bertz CT molecular complexity index is 2530. The van der Waals surface area contributed by atoms with Gasteiger partial charge < -0.3 is 51.6 Å². The van der Waals surface area contributed by atoms with Crippen LogP contribution in [0, 0.1) is 23.7 Å². The predicted molar refractivity (Wildman–Crippen MR) is 305 cm³/mol. The summed E-state index contributed by atoms with van der Waals surface area (Å²) in [7, 11) is 0. The maximum Gasteiger partial charge on any atom is 0.326 e. The maximum absolute atomic E-state index is 11.2. The molecule has 4 aliphatic carbocycles. The molecule has 4 aromatic rings. The Hall–Kier alpha value is -6.58. The van der Waals surface area contributed by atoms with Crippen LogP contribution in [0.3, 0.4) is 0 Å². The maximum atomic E-state index is 11.2. The van der Waals surface area contributed by atoms with Crippen LogP contribution in [0.25, 0.3) is 0 Å². The molecule has 20 heteroatoms. The number of hydrogen-bond acceptors (Lipinski definition) is 10. The van der Waals surface area contributed by atoms with Gasteiger partial charge >= 0.3 is 17.9 Å². The van der Waals surface area contributed by atoms with E-state index in [1.807, 2.05) is 80.6 Å². The molecule has 0 saturated carbocycles. The fourth-order valence-electron chi connectivity index (χ4n) is 11.0. The number of para-hydroxylation sites is 4. The van der Waals surface area contributed by atoms with Crippen molar-refractivity contribution in [2.45, 2.75) is 101 Å². The van der Waals surface area contributed by atoms with Crippen LogP contribution < -0.4 is 21.3 Å². The summed E-state index contributed by atoms with van der Waals surface area (Å²) in [6, 6.07) is 30.6. The second kappa shape index (κ2) is 33.0. The standard InChI is InChI=1S/3C13H13NO2.C13H12NO.2C2H4O2.C2H6.4B.Y/c3*15-13(16)12-10-6-3-5-8(10)9-4-1-2-7-11(9)14-12;15-8-13-11-6-3-5-9(11)10-4-1-2-7-12(10)14-13;2*1-2(3)4;1-2;;;;;/h3*1-5,7-8,10,12,14H,6H2,(H,15,16);1-5,7,9,11,13-14H,6H2;2*1H3,(H,3,4);1-2H3;;;;;/q;;;-1;;;;;;;;. The number of hydrogen-bond donors (Lipinski definition) is 9. The predicted octanol–water partition coefficient (Wildman–Crippen LogP) is 8.61. The number of benzene rings is 4. The smallest absolute Gasteiger partial charge is 0.326 e. The van der Waals surface area contributed by atoms with E-state index in [0.29, 0.717) is 11.8 Å². The van der Waals surface area contributed by atoms with Crippen molar-refractivity contribution < 1.29 is 87.0 Å². The number of allylic oxidation sites excluding steroid dienone is 8. The first kappa shape index (κ1) is 69.4. The molecule has 12 rings (SSSR count). The van der Waals surface area contributed by atoms with Crippen LogP contribution >= 0.6 is 0 Å². The van der Waals surface area contributed by atoms with E-state index in [2.05, 4.69) is 106 Å². The molecule has 8 aliphatic rings. The zero-order chi connectivity index (χ0) is 52.8. The van der Waals surface area contributed by atoms with Gasteiger partial charge in [0.15, 0.2) is 0 Å². The van der Waals surface area contributed by atoms with Crippen LogP contribution in [0.4, 0.5) is 22.7 Å². The number of aliphatic carboxylic acids is 5. The number of carboxylic acid groups (broad SMARTS) is 5. The van der Waals surface area contributed by atoms with Gasteiger partial charge in [-0.1, -0.05) is 141 Å². The quantitative estimate of drug-likeness (QED) is 0.0527. The van der Waals surface area contributed by atoms with Gasteiger partial charge in [0.05, 0.1) is 0 Å². The number of carbonyl (C=O) groups is 5. The molecule has 0 saturated heterocycles. The largest absolute Gasteiger partial charge is 0.540 e. The van der Waals surface area contributed by atoms with Crippen molar-refractivity contribution in [3.8, 4) is 0 Å². The Morgan fingerprint density at radius 1 is 0.410 bits per heavy atom. The fourth-order valence-corrected chi connectivity index (χ4v) is 11.0. The zero-order valence-corrected chi connectivity index (χ0v) is 47.0. The van der Waals surface area contributed by atoms with E-state index < -0.39 is 48.0 Å². The van der Waals surface area contributed by atoms with Gasteiger partial charge in [-0.25, -0.2) is 20.7 Å². The molecule has 4 heterocycles. The van der Waals surface area contributed by atoms with E-state index in [4.69, 9.17) is 19.8 Å². The van der Waals surface area contributed by atoms with Crippen molar-refractivity contribution in [3.05, 3.63) is 168 Å². The third kappa shape index (κ3) is 16.7. The van der Waals surface area contributed by atoms with Gasteiger partial charge in [0.2, 0.25) is 0 Å². The van der Waals surface area contributed by atoms with Crippen molar-refractivity contribution in [2.75, 3.05) is 21.3 Å². The van der Waals surface area contributed by atoms with E-state index in [-0.39, 0.29) is 108 Å². The molecule has 0 bridgehead atoms. The first-order valence-corrected chi connectivity index (χ1v) is 24.7. The average Bonchev–Trinajstić information content (AvgIpc) is 4.24. The Morgan fingerprint density at radius 3 is 0.872 bits per heavy atom. The van der Waals surface area contributed by atoms with E-state index in [1.165, 1.54) is 22.3 Å². The van der Waals surface area contributed by atoms with E-state index in [0.717, 1.165) is 62.3 Å². The van der Waals surface area contributed by atoms with Crippen molar-refractivity contribution in [1.29, 1.82) is 0 Å². The SMILES string of the molecule is CC.CC(=O)O.CC(=O)O.O=C(O)C1Nc2ccccc2C2C=CCC12.O=C(O)C1Nc2ccccc2C2C=CCC12.O=C(O)C1Nc2ccccc2C2C=CCC12.O=[C-]C1Nc2ccccc2C2C=CCC12.[B].[B].[B].[B].[Y]. The number of carboxylic acids is 5. The molecule has 9 N–H and O–H groups in total. The Morgan fingerprint density at radius 2 is 0.628 bits per heavy atom. The molecule has 0 aromatic heterocycles. The van der Waals surface area contributed by atoms with E-state index >= 15 is 0 Å². The second-order valence-electron chi connectivity index (χ2n) is 18.4. The van der Waals surface area contributed by atoms with Crippen LogP contribution in [0.1, 0.15) is 99.3 Å². The van der Waals surface area contributed by atoms with Crippen molar-refractivity contribution in [3.63, 3.8) is 0 Å². The van der Waals surface area contributed by atoms with Gasteiger partial charge in [0.1, 0.15) is 18.1 Å². The molecule has 0 fully saturated rings. The van der Waals surface area contributed by atoms with Crippen LogP contribution in [-0.4, -0.2) is 119 Å². The molecule has 12 unspecified atom stereocenters. The van der Waals surface area contributed by atoms with Gasteiger partial charge in [-0.05, 0) is 78.1 Å². The average molecular weight is 1130 g/mol. The topological polar surface area (TPSA) is 252 Å². The minimum atomic E-state index is -0.833. The number of rotatable bonds is 4. The number of fused-ring (bicyclic) bond motifs is 12. The Kier molecular flexibility index (Phi) is 29.4. The van der Waals surface area contributed by atoms with Gasteiger partial charge in [-0.2, -0.15) is 0 Å².